The molecule has 3 aromatic rings. The van der Waals surface area contributed by atoms with E-state index in [0.29, 0.717) is 29.6 Å². The molecule has 6 nitrogen and oxygen atoms in total. The highest BCUT2D eigenvalue weighted by atomic mass is 19.1. The normalized spacial score (nSPS) is 15.4. The van der Waals surface area contributed by atoms with Crippen LogP contribution in [0, 0.1) is 5.82 Å². The zero-order chi connectivity index (χ0) is 20.4. The average molecular weight is 394 g/mol. The summed E-state index contributed by atoms with van der Waals surface area (Å²) in [6.07, 6.45) is 0.844. The fraction of sp³-hybridized carbons (Fsp3) is 0.318. The first-order valence-electron chi connectivity index (χ1n) is 9.75. The number of benzene rings is 2. The van der Waals surface area contributed by atoms with Gasteiger partial charge in [-0.1, -0.05) is 30.3 Å². The highest BCUT2D eigenvalue weighted by Crippen LogP contribution is 2.17. The average Bonchev–Trinajstić information content (AvgIpc) is 2.97. The van der Waals surface area contributed by atoms with Crippen LogP contribution in [0.3, 0.4) is 0 Å². The van der Waals surface area contributed by atoms with Crippen molar-refractivity contribution in [3.05, 3.63) is 76.0 Å². The number of rotatable bonds is 3. The Morgan fingerprint density at radius 2 is 1.72 bits per heavy atom. The summed E-state index contributed by atoms with van der Waals surface area (Å²) in [5, 5.41) is 5.36. The molecule has 0 atom stereocenters. The predicted octanol–water partition coefficient (Wildman–Crippen LogP) is 2.42. The van der Waals surface area contributed by atoms with Crippen molar-refractivity contribution in [1.29, 1.82) is 0 Å². The van der Waals surface area contributed by atoms with Crippen LogP contribution in [0.25, 0.3) is 10.8 Å². The maximum Gasteiger partial charge on any atom is 0.274 e. The van der Waals surface area contributed by atoms with E-state index >= 15 is 0 Å². The van der Waals surface area contributed by atoms with Crippen LogP contribution in [0.2, 0.25) is 0 Å². The van der Waals surface area contributed by atoms with Crippen molar-refractivity contribution in [3.8, 4) is 0 Å². The number of amides is 1. The molecule has 1 amide bonds. The van der Waals surface area contributed by atoms with Gasteiger partial charge in [-0.05, 0) is 30.2 Å². The second-order valence-electron chi connectivity index (χ2n) is 7.37. The lowest BCUT2D eigenvalue weighted by Gasteiger charge is -2.22. The minimum Gasteiger partial charge on any atom is -0.336 e. The van der Waals surface area contributed by atoms with Crippen LogP contribution in [-0.4, -0.2) is 51.7 Å². The molecule has 0 bridgehead atoms. The topological polar surface area (TPSA) is 58.4 Å². The monoisotopic (exact) mass is 394 g/mol. The Morgan fingerprint density at radius 1 is 1.00 bits per heavy atom. The number of hydrogen-bond donors (Lipinski definition) is 0. The molecule has 1 aliphatic heterocycles. The number of nitrogens with zero attached hydrogens (tertiary/aromatic N) is 4. The van der Waals surface area contributed by atoms with Crippen LogP contribution in [-0.2, 0) is 13.6 Å². The molecule has 7 heteroatoms. The molecule has 1 aromatic heterocycles. The lowest BCUT2D eigenvalue weighted by atomic mass is 10.1. The molecule has 0 aliphatic carbocycles. The molecule has 1 aliphatic rings. The highest BCUT2D eigenvalue weighted by Gasteiger charge is 2.24. The Morgan fingerprint density at radius 3 is 2.48 bits per heavy atom. The quantitative estimate of drug-likeness (QED) is 0.685. The van der Waals surface area contributed by atoms with E-state index in [-0.39, 0.29) is 17.3 Å². The maximum absolute atomic E-state index is 13.2. The number of aryl methyl sites for hydroxylation is 1. The first-order chi connectivity index (χ1) is 14.0. The largest absolute Gasteiger partial charge is 0.336 e. The van der Waals surface area contributed by atoms with E-state index in [9.17, 15) is 14.0 Å². The second-order valence-corrected chi connectivity index (χ2v) is 7.37. The van der Waals surface area contributed by atoms with Crippen molar-refractivity contribution in [1.82, 2.24) is 19.6 Å². The Labute approximate surface area is 168 Å². The van der Waals surface area contributed by atoms with E-state index in [4.69, 9.17) is 0 Å². The van der Waals surface area contributed by atoms with Crippen molar-refractivity contribution in [2.75, 3.05) is 26.2 Å². The van der Waals surface area contributed by atoms with Gasteiger partial charge in [-0.25, -0.2) is 9.07 Å². The van der Waals surface area contributed by atoms with Gasteiger partial charge in [-0.3, -0.25) is 14.5 Å². The van der Waals surface area contributed by atoms with E-state index in [1.807, 2.05) is 11.0 Å². The molecule has 1 fully saturated rings. The molecule has 4 rings (SSSR count). The Bertz CT molecular complexity index is 1090. The molecule has 0 spiro atoms. The standard InChI is InChI=1S/C22H23FN4O2/c1-25-21(28)19-6-3-2-5-18(19)20(24-25)22(29)27-12-4-11-26(13-14-27)15-16-7-9-17(23)10-8-16/h2-3,5-10H,4,11-15H2,1H3. The van der Waals surface area contributed by atoms with Gasteiger partial charge in [0.2, 0.25) is 0 Å². The number of carbonyl (C=O) groups is 1. The van der Waals surface area contributed by atoms with Crippen molar-refractivity contribution in [3.63, 3.8) is 0 Å². The zero-order valence-electron chi connectivity index (χ0n) is 16.3. The Hall–Kier alpha value is -3.06. The molecule has 2 heterocycles. The van der Waals surface area contributed by atoms with Gasteiger partial charge in [-0.2, -0.15) is 5.10 Å². The molecule has 29 heavy (non-hydrogen) atoms. The molecule has 1 saturated heterocycles. The molecule has 150 valence electrons. The second kappa shape index (κ2) is 8.13. The number of fused-ring (bicyclic) bond motifs is 1. The summed E-state index contributed by atoms with van der Waals surface area (Å²) in [7, 11) is 1.57. The van der Waals surface area contributed by atoms with Gasteiger partial charge in [0.15, 0.2) is 5.69 Å². The molecular weight excluding hydrogens is 371 g/mol. The first-order valence-corrected chi connectivity index (χ1v) is 9.75. The summed E-state index contributed by atoms with van der Waals surface area (Å²) in [5.41, 5.74) is 1.16. The number of carbonyl (C=O) groups excluding carboxylic acids is 1. The van der Waals surface area contributed by atoms with Gasteiger partial charge >= 0.3 is 0 Å². The predicted molar refractivity (Wildman–Crippen MR) is 109 cm³/mol. The molecule has 0 N–H and O–H groups in total. The SMILES string of the molecule is Cn1nc(C(=O)N2CCCN(Cc3ccc(F)cc3)CC2)c2ccccc2c1=O. The minimum atomic E-state index is -0.238. The third kappa shape index (κ3) is 4.05. The summed E-state index contributed by atoms with van der Waals surface area (Å²) >= 11 is 0. The first kappa shape index (κ1) is 19.3. The van der Waals surface area contributed by atoms with Crippen LogP contribution in [0.5, 0.6) is 0 Å². The zero-order valence-corrected chi connectivity index (χ0v) is 16.3. The van der Waals surface area contributed by atoms with E-state index in [2.05, 4.69) is 10.00 Å². The van der Waals surface area contributed by atoms with Gasteiger partial charge in [0, 0.05) is 45.2 Å². The van der Waals surface area contributed by atoms with Crippen LogP contribution < -0.4 is 5.56 Å². The van der Waals surface area contributed by atoms with Crippen LogP contribution in [0.15, 0.2) is 53.3 Å². The van der Waals surface area contributed by atoms with E-state index < -0.39 is 0 Å². The summed E-state index contributed by atoms with van der Waals surface area (Å²) in [6.45, 7) is 3.54. The Balaban J connectivity index is 1.52. The van der Waals surface area contributed by atoms with Gasteiger partial charge in [-0.15, -0.1) is 0 Å². The van der Waals surface area contributed by atoms with Crippen LogP contribution >= 0.6 is 0 Å². The molecule has 0 unspecified atom stereocenters. The van der Waals surface area contributed by atoms with Gasteiger partial charge < -0.3 is 4.90 Å². The number of aromatic nitrogens is 2. The summed E-state index contributed by atoms with van der Waals surface area (Å²) in [6, 6.07) is 13.6. The van der Waals surface area contributed by atoms with Crippen molar-refractivity contribution < 1.29 is 9.18 Å². The summed E-state index contributed by atoms with van der Waals surface area (Å²) < 4.78 is 14.3. The van der Waals surface area contributed by atoms with E-state index in [0.717, 1.165) is 31.6 Å². The maximum atomic E-state index is 13.2. The third-order valence-electron chi connectivity index (χ3n) is 5.35. The summed E-state index contributed by atoms with van der Waals surface area (Å²) in [5.74, 6) is -0.390. The van der Waals surface area contributed by atoms with Gasteiger partial charge in [0.05, 0.1) is 5.39 Å². The van der Waals surface area contributed by atoms with Crippen LogP contribution in [0.1, 0.15) is 22.5 Å². The Kier molecular flexibility index (Phi) is 5.40. The molecule has 0 saturated carbocycles. The smallest absolute Gasteiger partial charge is 0.274 e. The van der Waals surface area contributed by atoms with Gasteiger partial charge in [0.25, 0.3) is 11.5 Å². The number of halogens is 1. The number of hydrogen-bond acceptors (Lipinski definition) is 4. The molecule has 2 aromatic carbocycles. The van der Waals surface area contributed by atoms with Crippen LogP contribution in [0.4, 0.5) is 4.39 Å². The van der Waals surface area contributed by atoms with Crippen molar-refractivity contribution in [2.24, 2.45) is 7.05 Å². The lowest BCUT2D eigenvalue weighted by Crippen LogP contribution is -2.37. The lowest BCUT2D eigenvalue weighted by molar-refractivity contribution is 0.0755. The fourth-order valence-electron chi connectivity index (χ4n) is 3.79. The molecular formula is C22H23FN4O2. The van der Waals surface area contributed by atoms with E-state index in [1.165, 1.54) is 16.8 Å². The summed E-state index contributed by atoms with van der Waals surface area (Å²) in [4.78, 5) is 29.6. The highest BCUT2D eigenvalue weighted by molar-refractivity contribution is 6.04. The fourth-order valence-corrected chi connectivity index (χ4v) is 3.79. The van der Waals surface area contributed by atoms with Crippen molar-refractivity contribution in [2.45, 2.75) is 13.0 Å². The van der Waals surface area contributed by atoms with Crippen molar-refractivity contribution >= 4 is 16.7 Å². The van der Waals surface area contributed by atoms with Gasteiger partial charge in [0.1, 0.15) is 5.82 Å². The minimum absolute atomic E-state index is 0.152. The van der Waals surface area contributed by atoms with E-state index in [1.54, 1.807) is 37.4 Å². The molecule has 0 radical (unpaired) electrons. The third-order valence-corrected chi connectivity index (χ3v) is 5.35.